The molecule has 0 spiro atoms. The van der Waals surface area contributed by atoms with Crippen LogP contribution in [-0.4, -0.2) is 4.92 Å². The predicted octanol–water partition coefficient (Wildman–Crippen LogP) is 3.22. The van der Waals surface area contributed by atoms with Crippen molar-refractivity contribution in [2.24, 2.45) is 5.84 Å². The summed E-state index contributed by atoms with van der Waals surface area (Å²) >= 11 is 3.38. The van der Waals surface area contributed by atoms with Crippen LogP contribution in [-0.2, 0) is 6.61 Å². The number of nitrogens with zero attached hydrogens (tertiary/aromatic N) is 1. The summed E-state index contributed by atoms with van der Waals surface area (Å²) < 4.78 is 6.48. The number of hydrogen-bond donors (Lipinski definition) is 2. The van der Waals surface area contributed by atoms with Gasteiger partial charge in [-0.3, -0.25) is 16.0 Å². The van der Waals surface area contributed by atoms with Crippen LogP contribution in [0.25, 0.3) is 0 Å². The minimum atomic E-state index is -0.492. The summed E-state index contributed by atoms with van der Waals surface area (Å²) in [5.74, 6) is 5.99. The van der Waals surface area contributed by atoms with Crippen LogP contribution in [0, 0.1) is 10.1 Å². The SMILES string of the molecule is NNc1cc(COc2ccccc2Br)ccc1[N+](=O)[O-]. The fourth-order valence-corrected chi connectivity index (χ4v) is 2.07. The first-order chi connectivity index (χ1) is 9.61. The number of halogens is 1. The van der Waals surface area contributed by atoms with Gasteiger partial charge in [-0.15, -0.1) is 0 Å². The predicted molar refractivity (Wildman–Crippen MR) is 79.4 cm³/mol. The number of nitro groups is 1. The molecule has 0 aliphatic carbocycles. The molecule has 0 saturated heterocycles. The molecule has 20 heavy (non-hydrogen) atoms. The maximum Gasteiger partial charge on any atom is 0.293 e. The van der Waals surface area contributed by atoms with E-state index in [1.54, 1.807) is 12.1 Å². The third-order valence-corrected chi connectivity index (χ3v) is 3.30. The quantitative estimate of drug-likeness (QED) is 0.496. The van der Waals surface area contributed by atoms with Crippen molar-refractivity contribution in [3.8, 4) is 5.75 Å². The third kappa shape index (κ3) is 3.25. The minimum Gasteiger partial charge on any atom is -0.488 e. The number of nitro benzene ring substituents is 1. The van der Waals surface area contributed by atoms with Crippen LogP contribution in [0.3, 0.4) is 0 Å². The molecule has 7 heteroatoms. The van der Waals surface area contributed by atoms with Crippen LogP contribution in [0.4, 0.5) is 11.4 Å². The van der Waals surface area contributed by atoms with Gasteiger partial charge in [0.05, 0.1) is 9.40 Å². The molecule has 0 amide bonds. The van der Waals surface area contributed by atoms with Crippen LogP contribution in [0.15, 0.2) is 46.9 Å². The first kappa shape index (κ1) is 14.3. The Kier molecular flexibility index (Phi) is 4.54. The summed E-state index contributed by atoms with van der Waals surface area (Å²) in [5, 5.41) is 10.8. The van der Waals surface area contributed by atoms with E-state index in [1.165, 1.54) is 6.07 Å². The lowest BCUT2D eigenvalue weighted by molar-refractivity contribution is -0.384. The molecule has 0 aliphatic rings. The average Bonchev–Trinajstić information content (AvgIpc) is 2.46. The maximum atomic E-state index is 10.8. The molecule has 104 valence electrons. The molecule has 0 bridgehead atoms. The Morgan fingerprint density at radius 2 is 2.05 bits per heavy atom. The highest BCUT2D eigenvalue weighted by atomic mass is 79.9. The van der Waals surface area contributed by atoms with Crippen LogP contribution >= 0.6 is 15.9 Å². The van der Waals surface area contributed by atoms with Gasteiger partial charge in [-0.25, -0.2) is 0 Å². The van der Waals surface area contributed by atoms with E-state index < -0.39 is 4.92 Å². The van der Waals surface area contributed by atoms with Gasteiger partial charge in [-0.1, -0.05) is 12.1 Å². The Labute approximate surface area is 123 Å². The monoisotopic (exact) mass is 337 g/mol. The average molecular weight is 338 g/mol. The fourth-order valence-electron chi connectivity index (χ4n) is 1.67. The molecule has 2 aromatic rings. The minimum absolute atomic E-state index is 0.0721. The van der Waals surface area contributed by atoms with Gasteiger partial charge >= 0.3 is 0 Å². The van der Waals surface area contributed by atoms with Crippen LogP contribution in [0.2, 0.25) is 0 Å². The molecule has 2 aromatic carbocycles. The van der Waals surface area contributed by atoms with E-state index in [4.69, 9.17) is 10.6 Å². The largest absolute Gasteiger partial charge is 0.488 e. The lowest BCUT2D eigenvalue weighted by Crippen LogP contribution is -2.10. The van der Waals surface area contributed by atoms with Gasteiger partial charge in [0.2, 0.25) is 0 Å². The Bertz CT molecular complexity index is 634. The van der Waals surface area contributed by atoms with Crippen LogP contribution < -0.4 is 16.0 Å². The van der Waals surface area contributed by atoms with Crippen LogP contribution in [0.1, 0.15) is 5.56 Å². The summed E-state index contributed by atoms with van der Waals surface area (Å²) in [6, 6.07) is 12.1. The number of hydrogen-bond acceptors (Lipinski definition) is 5. The lowest BCUT2D eigenvalue weighted by Gasteiger charge is -2.09. The molecule has 3 N–H and O–H groups in total. The molecule has 0 aliphatic heterocycles. The third-order valence-electron chi connectivity index (χ3n) is 2.64. The summed E-state index contributed by atoms with van der Waals surface area (Å²) in [6.45, 7) is 0.287. The van der Waals surface area contributed by atoms with Gasteiger partial charge < -0.3 is 10.2 Å². The molecule has 2 rings (SSSR count). The van der Waals surface area contributed by atoms with Crippen molar-refractivity contribution in [3.63, 3.8) is 0 Å². The molecule has 0 heterocycles. The molecule has 0 saturated carbocycles. The number of rotatable bonds is 5. The maximum absolute atomic E-state index is 10.8. The first-order valence-electron chi connectivity index (χ1n) is 5.73. The highest BCUT2D eigenvalue weighted by Crippen LogP contribution is 2.27. The van der Waals surface area contributed by atoms with Gasteiger partial charge in [-0.05, 0) is 45.8 Å². The first-order valence-corrected chi connectivity index (χ1v) is 6.52. The number of nitrogens with one attached hydrogen (secondary N) is 1. The molecule has 0 unspecified atom stereocenters. The molecule has 0 aromatic heterocycles. The molecular formula is C13H12BrN3O3. The Hall–Kier alpha value is -2.12. The Balaban J connectivity index is 2.15. The number of nitrogen functional groups attached to an aromatic ring is 1. The van der Waals surface area contributed by atoms with E-state index in [9.17, 15) is 10.1 Å². The van der Waals surface area contributed by atoms with E-state index in [2.05, 4.69) is 21.4 Å². The van der Waals surface area contributed by atoms with Crippen molar-refractivity contribution in [1.82, 2.24) is 0 Å². The number of benzene rings is 2. The van der Waals surface area contributed by atoms with Gasteiger partial charge in [0.1, 0.15) is 18.0 Å². The number of para-hydroxylation sites is 1. The van der Waals surface area contributed by atoms with E-state index in [0.29, 0.717) is 5.75 Å². The van der Waals surface area contributed by atoms with Crippen molar-refractivity contribution < 1.29 is 9.66 Å². The Morgan fingerprint density at radius 3 is 2.70 bits per heavy atom. The van der Waals surface area contributed by atoms with Gasteiger partial charge in [0.15, 0.2) is 0 Å². The van der Waals surface area contributed by atoms with E-state index in [-0.39, 0.29) is 18.0 Å². The number of hydrazine groups is 1. The zero-order valence-electron chi connectivity index (χ0n) is 10.4. The fraction of sp³-hybridized carbons (Fsp3) is 0.0769. The molecule has 6 nitrogen and oxygen atoms in total. The molecular weight excluding hydrogens is 326 g/mol. The number of anilines is 1. The highest BCUT2D eigenvalue weighted by molar-refractivity contribution is 9.10. The Morgan fingerprint density at radius 1 is 1.30 bits per heavy atom. The topological polar surface area (TPSA) is 90.4 Å². The second-order valence-corrected chi connectivity index (χ2v) is 4.83. The second-order valence-electron chi connectivity index (χ2n) is 3.97. The van der Waals surface area contributed by atoms with Crippen molar-refractivity contribution in [1.29, 1.82) is 0 Å². The van der Waals surface area contributed by atoms with E-state index >= 15 is 0 Å². The molecule has 0 atom stereocenters. The van der Waals surface area contributed by atoms with E-state index in [1.807, 2.05) is 24.3 Å². The van der Waals surface area contributed by atoms with Crippen molar-refractivity contribution >= 4 is 27.3 Å². The summed E-state index contributed by atoms with van der Waals surface area (Å²) in [4.78, 5) is 10.3. The molecule has 0 radical (unpaired) electrons. The summed E-state index contributed by atoms with van der Waals surface area (Å²) in [5.41, 5.74) is 3.28. The lowest BCUT2D eigenvalue weighted by atomic mass is 10.2. The summed E-state index contributed by atoms with van der Waals surface area (Å²) in [7, 11) is 0. The number of nitrogens with two attached hydrogens (primary N) is 1. The normalized spacial score (nSPS) is 10.1. The van der Waals surface area contributed by atoms with Crippen molar-refractivity contribution in [2.45, 2.75) is 6.61 Å². The smallest absolute Gasteiger partial charge is 0.293 e. The molecule has 0 fully saturated rings. The van der Waals surface area contributed by atoms with E-state index in [0.717, 1.165) is 10.0 Å². The van der Waals surface area contributed by atoms with Crippen molar-refractivity contribution in [3.05, 3.63) is 62.6 Å². The second kappa shape index (κ2) is 6.36. The zero-order chi connectivity index (χ0) is 14.5. The van der Waals surface area contributed by atoms with Gasteiger partial charge in [-0.2, -0.15) is 0 Å². The van der Waals surface area contributed by atoms with Gasteiger partial charge in [0.25, 0.3) is 5.69 Å². The zero-order valence-corrected chi connectivity index (χ0v) is 12.0. The highest BCUT2D eigenvalue weighted by Gasteiger charge is 2.13. The van der Waals surface area contributed by atoms with Gasteiger partial charge in [0, 0.05) is 6.07 Å². The van der Waals surface area contributed by atoms with Crippen LogP contribution in [0.5, 0.6) is 5.75 Å². The summed E-state index contributed by atoms with van der Waals surface area (Å²) in [6.07, 6.45) is 0. The van der Waals surface area contributed by atoms with Crippen molar-refractivity contribution in [2.75, 3.05) is 5.43 Å². The standard InChI is InChI=1S/C13H12BrN3O3/c14-10-3-1-2-4-13(10)20-8-9-5-6-12(17(18)19)11(7-9)16-15/h1-7,16H,8,15H2. The number of ether oxygens (including phenoxy) is 1.